The highest BCUT2D eigenvalue weighted by Crippen LogP contribution is 2.29. The second-order valence-corrected chi connectivity index (χ2v) is 4.74. The van der Waals surface area contributed by atoms with Crippen LogP contribution in [0.1, 0.15) is 25.5 Å². The summed E-state index contributed by atoms with van der Waals surface area (Å²) in [4.78, 5) is 0. The van der Waals surface area contributed by atoms with Gasteiger partial charge in [0, 0.05) is 10.0 Å². The molecule has 4 heteroatoms. The molecule has 1 aromatic rings. The third-order valence-electron chi connectivity index (χ3n) is 1.96. The van der Waals surface area contributed by atoms with Gasteiger partial charge in [0.15, 0.2) is 0 Å². The van der Waals surface area contributed by atoms with E-state index < -0.39 is 11.6 Å². The van der Waals surface area contributed by atoms with E-state index in [1.165, 1.54) is 12.1 Å². The third kappa shape index (κ3) is 2.53. The van der Waals surface area contributed by atoms with Crippen molar-refractivity contribution in [3.63, 3.8) is 0 Å². The van der Waals surface area contributed by atoms with Gasteiger partial charge in [0.25, 0.3) is 0 Å². The summed E-state index contributed by atoms with van der Waals surface area (Å²) in [5, 5.41) is 9.84. The Morgan fingerprint density at radius 2 is 2.07 bits per heavy atom. The molecule has 1 aromatic carbocycles. The molecule has 0 aliphatic heterocycles. The fourth-order valence-corrected chi connectivity index (χ4v) is 1.59. The van der Waals surface area contributed by atoms with E-state index in [0.29, 0.717) is 10.0 Å². The first-order valence-electron chi connectivity index (χ1n) is 4.24. The Morgan fingerprint density at radius 1 is 1.50 bits per heavy atom. The van der Waals surface area contributed by atoms with Crippen molar-refractivity contribution in [1.82, 2.24) is 0 Å². The molecule has 0 spiro atoms. The summed E-state index contributed by atoms with van der Waals surface area (Å²) in [5.41, 5.74) is 5.41. The Kier molecular flexibility index (Phi) is 3.29. The molecule has 0 amide bonds. The zero-order valence-corrected chi connectivity index (χ0v) is 9.68. The maximum absolute atomic E-state index is 12.9. The average molecular weight is 262 g/mol. The number of rotatable bonds is 2. The second-order valence-electron chi connectivity index (χ2n) is 3.89. The molecule has 3 N–H and O–H groups in total. The normalized spacial score (nSPS) is 14.1. The van der Waals surface area contributed by atoms with E-state index in [9.17, 15) is 9.50 Å². The molecule has 2 nitrogen and oxygen atoms in total. The number of halogens is 2. The zero-order chi connectivity index (χ0) is 10.9. The number of aliphatic hydroxyl groups excluding tert-OH is 1. The third-order valence-corrected chi connectivity index (χ3v) is 2.68. The van der Waals surface area contributed by atoms with E-state index in [1.54, 1.807) is 19.9 Å². The lowest BCUT2D eigenvalue weighted by atomic mass is 9.92. The van der Waals surface area contributed by atoms with Crippen LogP contribution in [0.15, 0.2) is 22.7 Å². The van der Waals surface area contributed by atoms with Crippen LogP contribution in [0.2, 0.25) is 0 Å². The van der Waals surface area contributed by atoms with Crippen LogP contribution in [0.4, 0.5) is 4.39 Å². The predicted molar refractivity (Wildman–Crippen MR) is 57.3 cm³/mol. The predicted octanol–water partition coefficient (Wildman–Crippen LogP) is 2.36. The molecule has 1 unspecified atom stereocenters. The highest BCUT2D eigenvalue weighted by Gasteiger charge is 2.26. The van der Waals surface area contributed by atoms with Gasteiger partial charge >= 0.3 is 0 Å². The Morgan fingerprint density at radius 3 is 2.57 bits per heavy atom. The topological polar surface area (TPSA) is 46.2 Å². The summed E-state index contributed by atoms with van der Waals surface area (Å²) in [7, 11) is 0. The molecule has 0 aliphatic carbocycles. The van der Waals surface area contributed by atoms with E-state index in [0.717, 1.165) is 0 Å². The SMILES string of the molecule is CC(C)(N)C(O)c1cc(F)ccc1Br. The van der Waals surface area contributed by atoms with Crippen molar-refractivity contribution in [1.29, 1.82) is 0 Å². The van der Waals surface area contributed by atoms with Crippen molar-refractivity contribution in [2.24, 2.45) is 5.73 Å². The first kappa shape index (κ1) is 11.6. The minimum absolute atomic E-state index is 0.383. The molecule has 0 saturated heterocycles. The van der Waals surface area contributed by atoms with Crippen LogP contribution >= 0.6 is 15.9 Å². The molecule has 0 radical (unpaired) electrons. The van der Waals surface area contributed by atoms with E-state index in [4.69, 9.17) is 5.73 Å². The van der Waals surface area contributed by atoms with Gasteiger partial charge in [-0.1, -0.05) is 15.9 Å². The standard InChI is InChI=1S/C10H13BrFNO/c1-10(2,13)9(14)7-5-6(12)3-4-8(7)11/h3-5,9,14H,13H2,1-2H3. The summed E-state index contributed by atoms with van der Waals surface area (Å²) in [6, 6.07) is 4.16. The lowest BCUT2D eigenvalue weighted by Crippen LogP contribution is -2.39. The van der Waals surface area contributed by atoms with Crippen LogP contribution in [0.3, 0.4) is 0 Å². The van der Waals surface area contributed by atoms with Crippen LogP contribution in [0.5, 0.6) is 0 Å². The number of nitrogens with two attached hydrogens (primary N) is 1. The Bertz CT molecular complexity index is 335. The average Bonchev–Trinajstić information content (AvgIpc) is 2.06. The van der Waals surface area contributed by atoms with Gasteiger partial charge in [-0.2, -0.15) is 0 Å². The molecular weight excluding hydrogens is 249 g/mol. The fourth-order valence-electron chi connectivity index (χ4n) is 1.12. The largest absolute Gasteiger partial charge is 0.386 e. The minimum Gasteiger partial charge on any atom is -0.386 e. The highest BCUT2D eigenvalue weighted by molar-refractivity contribution is 9.10. The van der Waals surface area contributed by atoms with Crippen LogP contribution in [0, 0.1) is 5.82 Å². The monoisotopic (exact) mass is 261 g/mol. The maximum Gasteiger partial charge on any atom is 0.123 e. The molecule has 14 heavy (non-hydrogen) atoms. The Balaban J connectivity index is 3.12. The minimum atomic E-state index is -0.896. The van der Waals surface area contributed by atoms with Crippen LogP contribution < -0.4 is 5.73 Å². The van der Waals surface area contributed by atoms with E-state index in [-0.39, 0.29) is 5.82 Å². The molecule has 0 fully saturated rings. The van der Waals surface area contributed by atoms with Gasteiger partial charge in [-0.25, -0.2) is 4.39 Å². The molecule has 1 rings (SSSR count). The first-order chi connectivity index (χ1) is 6.32. The first-order valence-corrected chi connectivity index (χ1v) is 5.03. The molecule has 0 aliphatic rings. The summed E-state index contributed by atoms with van der Waals surface area (Å²) in [6.45, 7) is 3.38. The van der Waals surface area contributed by atoms with Gasteiger partial charge < -0.3 is 10.8 Å². The smallest absolute Gasteiger partial charge is 0.123 e. The van der Waals surface area contributed by atoms with Crippen molar-refractivity contribution in [3.05, 3.63) is 34.1 Å². The van der Waals surface area contributed by atoms with Gasteiger partial charge in [0.1, 0.15) is 5.82 Å². The van der Waals surface area contributed by atoms with Crippen molar-refractivity contribution >= 4 is 15.9 Å². The fraction of sp³-hybridized carbons (Fsp3) is 0.400. The maximum atomic E-state index is 12.9. The van der Waals surface area contributed by atoms with Gasteiger partial charge in [-0.3, -0.25) is 0 Å². The Hall–Kier alpha value is -0.450. The van der Waals surface area contributed by atoms with E-state index in [1.807, 2.05) is 0 Å². The summed E-state index contributed by atoms with van der Waals surface area (Å²) < 4.78 is 13.6. The summed E-state index contributed by atoms with van der Waals surface area (Å²) >= 11 is 3.24. The van der Waals surface area contributed by atoms with Gasteiger partial charge in [-0.05, 0) is 37.6 Å². The quantitative estimate of drug-likeness (QED) is 0.859. The van der Waals surface area contributed by atoms with E-state index in [2.05, 4.69) is 15.9 Å². The lowest BCUT2D eigenvalue weighted by molar-refractivity contribution is 0.104. The lowest BCUT2D eigenvalue weighted by Gasteiger charge is -2.26. The second kappa shape index (κ2) is 3.96. The van der Waals surface area contributed by atoms with Gasteiger partial charge in [0.05, 0.1) is 6.10 Å². The summed E-state index contributed by atoms with van der Waals surface area (Å²) in [6.07, 6.45) is -0.896. The van der Waals surface area contributed by atoms with Gasteiger partial charge in [0.2, 0.25) is 0 Å². The van der Waals surface area contributed by atoms with Crippen LogP contribution in [0.25, 0.3) is 0 Å². The van der Waals surface area contributed by atoms with Crippen molar-refractivity contribution in [2.45, 2.75) is 25.5 Å². The molecule has 78 valence electrons. The molecule has 0 saturated carbocycles. The van der Waals surface area contributed by atoms with E-state index >= 15 is 0 Å². The van der Waals surface area contributed by atoms with Crippen molar-refractivity contribution in [2.75, 3.05) is 0 Å². The summed E-state index contributed by atoms with van der Waals surface area (Å²) in [5.74, 6) is -0.383. The van der Waals surface area contributed by atoms with Crippen molar-refractivity contribution < 1.29 is 9.50 Å². The molecular formula is C10H13BrFNO. The number of hydrogen-bond donors (Lipinski definition) is 2. The molecule has 0 bridgehead atoms. The number of hydrogen-bond acceptors (Lipinski definition) is 2. The highest BCUT2D eigenvalue weighted by atomic mass is 79.9. The molecule has 1 atom stereocenters. The van der Waals surface area contributed by atoms with Crippen LogP contribution in [-0.4, -0.2) is 10.6 Å². The Labute approximate surface area is 91.1 Å². The molecule has 0 aromatic heterocycles. The zero-order valence-electron chi connectivity index (χ0n) is 8.09. The molecule has 0 heterocycles. The van der Waals surface area contributed by atoms with Gasteiger partial charge in [-0.15, -0.1) is 0 Å². The number of aliphatic hydroxyl groups is 1. The van der Waals surface area contributed by atoms with Crippen molar-refractivity contribution in [3.8, 4) is 0 Å². The van der Waals surface area contributed by atoms with Crippen LogP contribution in [-0.2, 0) is 0 Å². The number of benzene rings is 1.